The topological polar surface area (TPSA) is 68.5 Å². The first kappa shape index (κ1) is 10.7. The molecule has 2 aromatic rings. The lowest BCUT2D eigenvalue weighted by atomic mass is 10.4. The van der Waals surface area contributed by atoms with Crippen molar-refractivity contribution in [3.8, 4) is 0 Å². The summed E-state index contributed by atoms with van der Waals surface area (Å²) >= 11 is 0. The molecule has 6 heteroatoms. The molecule has 0 aliphatic rings. The lowest BCUT2D eigenvalue weighted by Crippen LogP contribution is -2.16. The van der Waals surface area contributed by atoms with Crippen molar-refractivity contribution < 1.29 is 0 Å². The van der Waals surface area contributed by atoms with Crippen LogP contribution in [-0.2, 0) is 20.1 Å². The lowest BCUT2D eigenvalue weighted by molar-refractivity contribution is 0.627. The maximum atomic E-state index is 4.25. The van der Waals surface area contributed by atoms with Crippen molar-refractivity contribution in [3.63, 3.8) is 0 Å². The third kappa shape index (κ3) is 2.60. The molecule has 84 valence electrons. The number of nitrogens with one attached hydrogen (secondary N) is 1. The highest BCUT2D eigenvalue weighted by atomic mass is 15.3. The highest BCUT2D eigenvalue weighted by Crippen LogP contribution is 1.95. The Morgan fingerprint density at radius 3 is 2.75 bits per heavy atom. The quantitative estimate of drug-likeness (QED) is 0.794. The lowest BCUT2D eigenvalue weighted by Gasteiger charge is -2.03. The fourth-order valence-electron chi connectivity index (χ4n) is 1.28. The molecule has 16 heavy (non-hydrogen) atoms. The first-order valence-electron chi connectivity index (χ1n) is 5.07. The van der Waals surface area contributed by atoms with Crippen LogP contribution < -0.4 is 5.32 Å². The summed E-state index contributed by atoms with van der Waals surface area (Å²) in [6.07, 6.45) is 5.22. The van der Waals surface area contributed by atoms with Crippen molar-refractivity contribution in [1.82, 2.24) is 30.0 Å². The van der Waals surface area contributed by atoms with Crippen LogP contribution in [0.15, 0.2) is 18.7 Å². The Morgan fingerprint density at radius 2 is 2.12 bits per heavy atom. The normalized spacial score (nSPS) is 10.6. The van der Waals surface area contributed by atoms with E-state index in [2.05, 4.69) is 25.5 Å². The van der Waals surface area contributed by atoms with E-state index in [1.165, 1.54) is 0 Å². The smallest absolute Gasteiger partial charge is 0.146 e. The van der Waals surface area contributed by atoms with Gasteiger partial charge in [-0.3, -0.25) is 9.97 Å². The van der Waals surface area contributed by atoms with Crippen LogP contribution in [0.3, 0.4) is 0 Å². The maximum absolute atomic E-state index is 4.25. The van der Waals surface area contributed by atoms with E-state index in [9.17, 15) is 0 Å². The van der Waals surface area contributed by atoms with E-state index in [1.807, 2.05) is 18.5 Å². The number of rotatable bonds is 4. The van der Waals surface area contributed by atoms with Gasteiger partial charge in [0.1, 0.15) is 12.2 Å². The summed E-state index contributed by atoms with van der Waals surface area (Å²) in [6, 6.07) is 0. The largest absolute Gasteiger partial charge is 0.320 e. The summed E-state index contributed by atoms with van der Waals surface area (Å²) in [4.78, 5) is 8.43. The zero-order valence-electron chi connectivity index (χ0n) is 9.38. The van der Waals surface area contributed by atoms with Crippen molar-refractivity contribution in [2.45, 2.75) is 20.0 Å². The Bertz CT molecular complexity index is 447. The summed E-state index contributed by atoms with van der Waals surface area (Å²) in [5.41, 5.74) is 1.85. The SMILES string of the molecule is Cc1cnc(CNCc2nncn2C)cn1. The molecule has 1 N–H and O–H groups in total. The summed E-state index contributed by atoms with van der Waals surface area (Å²) < 4.78 is 1.88. The van der Waals surface area contributed by atoms with Gasteiger partial charge in [-0.15, -0.1) is 10.2 Å². The van der Waals surface area contributed by atoms with Crippen molar-refractivity contribution >= 4 is 0 Å². The minimum atomic E-state index is 0.673. The molecule has 0 amide bonds. The Morgan fingerprint density at radius 1 is 1.25 bits per heavy atom. The molecule has 0 radical (unpaired) electrons. The van der Waals surface area contributed by atoms with Gasteiger partial charge in [0.15, 0.2) is 0 Å². The van der Waals surface area contributed by atoms with Gasteiger partial charge in [0.25, 0.3) is 0 Å². The maximum Gasteiger partial charge on any atom is 0.146 e. The molecule has 2 heterocycles. The van der Waals surface area contributed by atoms with Crippen molar-refractivity contribution in [1.29, 1.82) is 0 Å². The monoisotopic (exact) mass is 218 g/mol. The second kappa shape index (κ2) is 4.80. The Balaban J connectivity index is 1.84. The van der Waals surface area contributed by atoms with E-state index >= 15 is 0 Å². The molecule has 0 bridgehead atoms. The number of nitrogens with zero attached hydrogens (tertiary/aromatic N) is 5. The predicted octanol–water partition coefficient (Wildman–Crippen LogP) is 0.203. The van der Waals surface area contributed by atoms with E-state index in [1.54, 1.807) is 18.7 Å². The third-order valence-electron chi connectivity index (χ3n) is 2.23. The van der Waals surface area contributed by atoms with Crippen LogP contribution in [0.1, 0.15) is 17.2 Å². The van der Waals surface area contributed by atoms with Crippen LogP contribution in [0.25, 0.3) is 0 Å². The van der Waals surface area contributed by atoms with Gasteiger partial charge in [-0.25, -0.2) is 0 Å². The first-order chi connectivity index (χ1) is 7.75. The molecule has 0 saturated carbocycles. The average Bonchev–Trinajstić information content (AvgIpc) is 2.68. The fraction of sp³-hybridized carbons (Fsp3) is 0.400. The van der Waals surface area contributed by atoms with Gasteiger partial charge in [0.2, 0.25) is 0 Å². The van der Waals surface area contributed by atoms with E-state index in [0.29, 0.717) is 13.1 Å². The Hall–Kier alpha value is -1.82. The first-order valence-corrected chi connectivity index (χ1v) is 5.07. The van der Waals surface area contributed by atoms with Gasteiger partial charge in [0, 0.05) is 26.0 Å². The minimum Gasteiger partial charge on any atom is -0.320 e. The second-order valence-corrected chi connectivity index (χ2v) is 3.61. The van der Waals surface area contributed by atoms with Crippen molar-refractivity contribution in [2.24, 2.45) is 7.05 Å². The summed E-state index contributed by atoms with van der Waals surface area (Å²) in [5.74, 6) is 0.903. The molecule has 0 atom stereocenters. The molecule has 6 nitrogen and oxygen atoms in total. The van der Waals surface area contributed by atoms with Gasteiger partial charge >= 0.3 is 0 Å². The molecule has 0 aliphatic carbocycles. The fourth-order valence-corrected chi connectivity index (χ4v) is 1.28. The van der Waals surface area contributed by atoms with E-state index in [-0.39, 0.29) is 0 Å². The highest BCUT2D eigenvalue weighted by molar-refractivity contribution is 5.00. The molecule has 0 spiro atoms. The standard InChI is InChI=1S/C10H14N6/c1-8-3-13-9(5-12-8)4-11-6-10-15-14-7-16(10)2/h3,5,7,11H,4,6H2,1-2H3. The number of hydrogen-bond donors (Lipinski definition) is 1. The molecule has 0 unspecified atom stereocenters. The summed E-state index contributed by atoms with van der Waals surface area (Å²) in [7, 11) is 1.92. The molecule has 0 saturated heterocycles. The van der Waals surface area contributed by atoms with Gasteiger partial charge < -0.3 is 9.88 Å². The molecular formula is C10H14N6. The number of aromatic nitrogens is 5. The van der Waals surface area contributed by atoms with Gasteiger partial charge in [-0.05, 0) is 6.92 Å². The molecule has 2 aromatic heterocycles. The zero-order chi connectivity index (χ0) is 11.4. The zero-order valence-corrected chi connectivity index (χ0v) is 9.38. The molecule has 0 aromatic carbocycles. The Labute approximate surface area is 93.8 Å². The molecular weight excluding hydrogens is 204 g/mol. The van der Waals surface area contributed by atoms with E-state index < -0.39 is 0 Å². The molecule has 0 fully saturated rings. The van der Waals surface area contributed by atoms with Crippen LogP contribution in [0.5, 0.6) is 0 Å². The highest BCUT2D eigenvalue weighted by Gasteiger charge is 2.00. The van der Waals surface area contributed by atoms with Crippen LogP contribution in [0.4, 0.5) is 0 Å². The number of aryl methyl sites for hydroxylation is 2. The van der Waals surface area contributed by atoms with Crippen molar-refractivity contribution in [2.75, 3.05) is 0 Å². The van der Waals surface area contributed by atoms with E-state index in [0.717, 1.165) is 17.2 Å². The van der Waals surface area contributed by atoms with Crippen LogP contribution in [-0.4, -0.2) is 24.7 Å². The van der Waals surface area contributed by atoms with Gasteiger partial charge in [-0.2, -0.15) is 0 Å². The van der Waals surface area contributed by atoms with E-state index in [4.69, 9.17) is 0 Å². The molecule has 2 rings (SSSR count). The van der Waals surface area contributed by atoms with Crippen LogP contribution >= 0.6 is 0 Å². The number of hydrogen-bond acceptors (Lipinski definition) is 5. The van der Waals surface area contributed by atoms with Crippen molar-refractivity contribution in [3.05, 3.63) is 35.9 Å². The van der Waals surface area contributed by atoms with Gasteiger partial charge in [-0.1, -0.05) is 0 Å². The second-order valence-electron chi connectivity index (χ2n) is 3.61. The summed E-state index contributed by atoms with van der Waals surface area (Å²) in [6.45, 7) is 3.27. The average molecular weight is 218 g/mol. The van der Waals surface area contributed by atoms with Gasteiger partial charge in [0.05, 0.1) is 17.9 Å². The summed E-state index contributed by atoms with van der Waals surface area (Å²) in [5, 5.41) is 11.0. The Kier molecular flexibility index (Phi) is 3.21. The molecule has 0 aliphatic heterocycles. The van der Waals surface area contributed by atoms with Crippen LogP contribution in [0.2, 0.25) is 0 Å². The van der Waals surface area contributed by atoms with Crippen LogP contribution in [0, 0.1) is 6.92 Å². The predicted molar refractivity (Wildman–Crippen MR) is 58.3 cm³/mol. The minimum absolute atomic E-state index is 0.673. The third-order valence-corrected chi connectivity index (χ3v) is 2.23.